The molecule has 4 nitrogen and oxygen atoms in total. The molecule has 0 fully saturated rings. The van der Waals surface area contributed by atoms with Crippen molar-refractivity contribution in [1.29, 1.82) is 5.41 Å². The summed E-state index contributed by atoms with van der Waals surface area (Å²) in [4.78, 5) is 20.2. The zero-order valence-electron chi connectivity index (χ0n) is 25.6. The van der Waals surface area contributed by atoms with Gasteiger partial charge in [-0.1, -0.05) is 83.6 Å². The molecule has 3 aromatic rings. The van der Waals surface area contributed by atoms with Crippen LogP contribution in [0.3, 0.4) is 0 Å². The third-order valence-electron chi connectivity index (χ3n) is 7.39. The first-order chi connectivity index (χ1) is 19.4. The van der Waals surface area contributed by atoms with Crippen LogP contribution in [0.25, 0.3) is 0 Å². The van der Waals surface area contributed by atoms with Gasteiger partial charge in [-0.2, -0.15) is 0 Å². The minimum atomic E-state index is -0.944. The number of anilines is 2. The number of ketones is 1. The van der Waals surface area contributed by atoms with Gasteiger partial charge in [-0.05, 0) is 60.4 Å². The Morgan fingerprint density at radius 3 is 1.73 bits per heavy atom. The van der Waals surface area contributed by atoms with Gasteiger partial charge in [0.1, 0.15) is 0 Å². The summed E-state index contributed by atoms with van der Waals surface area (Å²) in [5, 5.41) is 9.26. The van der Waals surface area contributed by atoms with E-state index in [1.54, 1.807) is 18.3 Å². The molecule has 5 rings (SSSR count). The van der Waals surface area contributed by atoms with Crippen LogP contribution in [0.15, 0.2) is 64.4 Å². The van der Waals surface area contributed by atoms with Gasteiger partial charge >= 0.3 is 0 Å². The molecule has 0 atom stereocenters. The van der Waals surface area contributed by atoms with Crippen LogP contribution in [-0.4, -0.2) is 45.2 Å². The quantitative estimate of drug-likeness (QED) is 0.204. The third-order valence-corrected chi connectivity index (χ3v) is 8.78. The molecule has 41 heavy (non-hydrogen) atoms. The molecular formula is C33H42BN3OS2W-. The number of hydrogen-bond acceptors (Lipinski definition) is 6. The molecule has 1 spiro atoms. The predicted molar refractivity (Wildman–Crippen MR) is 178 cm³/mol. The maximum absolute atomic E-state index is 13.5. The van der Waals surface area contributed by atoms with Crippen LogP contribution in [0.1, 0.15) is 81.4 Å². The first-order valence-electron chi connectivity index (χ1n) is 14.5. The van der Waals surface area contributed by atoms with Crippen molar-refractivity contribution in [2.45, 2.75) is 69.6 Å². The fraction of sp³-hybridized carbons (Fsp3) is 0.394. The van der Waals surface area contributed by atoms with Crippen molar-refractivity contribution in [1.82, 2.24) is 0 Å². The van der Waals surface area contributed by atoms with E-state index in [1.807, 2.05) is 45.9 Å². The molecule has 1 aliphatic heterocycles. The summed E-state index contributed by atoms with van der Waals surface area (Å²) in [6, 6.07) is 18.7. The van der Waals surface area contributed by atoms with E-state index >= 15 is 0 Å². The number of Topliss-reactive ketones (excluding diaryl/α,β-unsaturated/α-hetero) is 1. The van der Waals surface area contributed by atoms with E-state index < -0.39 is 5.41 Å². The Kier molecular flexibility index (Phi) is 13.3. The number of carbonyl (C=O) groups excluding carboxylic acids is 1. The first kappa shape index (κ1) is 35.3. The van der Waals surface area contributed by atoms with E-state index in [9.17, 15) is 10.2 Å². The second kappa shape index (κ2) is 15.5. The number of benzene rings is 3. The van der Waals surface area contributed by atoms with Crippen molar-refractivity contribution in [3.8, 4) is 0 Å². The molecular weight excluding hydrogens is 713 g/mol. The summed E-state index contributed by atoms with van der Waals surface area (Å²) in [7, 11) is 4.23. The summed E-state index contributed by atoms with van der Waals surface area (Å²) < 4.78 is 0. The molecule has 217 valence electrons. The third kappa shape index (κ3) is 6.24. The molecule has 0 aromatic heterocycles. The second-order valence-electron chi connectivity index (χ2n) is 9.68. The summed E-state index contributed by atoms with van der Waals surface area (Å²) in [6.45, 7) is 15.9. The van der Waals surface area contributed by atoms with Crippen LogP contribution in [0.5, 0.6) is 0 Å². The van der Waals surface area contributed by atoms with Gasteiger partial charge in [-0.25, -0.2) is 0 Å². The van der Waals surface area contributed by atoms with Gasteiger partial charge in [0.05, 0.1) is 11.1 Å². The SMILES string of the molecule is CC.CC.CCCN(C)c1ccc2c(c1)Sc1cc(N(C)CCC)ccc1C21C(=N)C(=O)c2ccc([B][S-])cc21.[W]. The number of nitrogens with one attached hydrogen (secondary N) is 1. The van der Waals surface area contributed by atoms with Gasteiger partial charge in [-0.15, -0.1) is 5.46 Å². The van der Waals surface area contributed by atoms with Crippen molar-refractivity contribution in [3.63, 3.8) is 0 Å². The fourth-order valence-corrected chi connectivity index (χ4v) is 7.03. The second-order valence-corrected chi connectivity index (χ2v) is 11.0. The van der Waals surface area contributed by atoms with Crippen molar-refractivity contribution in [2.24, 2.45) is 0 Å². The predicted octanol–water partition coefficient (Wildman–Crippen LogP) is 7.24. The van der Waals surface area contributed by atoms with Crippen molar-refractivity contribution < 1.29 is 25.9 Å². The van der Waals surface area contributed by atoms with E-state index in [2.05, 4.69) is 74.1 Å². The molecule has 1 radical (unpaired) electrons. The van der Waals surface area contributed by atoms with Gasteiger partial charge in [0.2, 0.25) is 5.78 Å². The zero-order valence-corrected chi connectivity index (χ0v) is 30.2. The number of nitrogens with zero attached hydrogens (tertiary/aromatic N) is 2. The summed E-state index contributed by atoms with van der Waals surface area (Å²) in [5.74, 6) is -0.205. The van der Waals surface area contributed by atoms with Crippen LogP contribution in [0.4, 0.5) is 11.4 Å². The topological polar surface area (TPSA) is 47.4 Å². The standard InChI is InChI=1S/C29H30BN3OS2.2C2H6.W/c1-5-13-32(3)19-8-11-22-25(16-19)36-26-17-20(33(4)14-6-2)9-12-23(26)29(22)24-15-18(30-35)7-10-21(24)27(34)28(29)31;2*1-2;/h7-12,15-17,31H,5-6,13-14H2,1-4H3;2*1-2H3;/q-1;;;. The molecule has 1 aliphatic carbocycles. The molecule has 0 bridgehead atoms. The average molecular weight is 756 g/mol. The minimum Gasteiger partial charge on any atom is -0.828 e. The molecule has 1 N–H and O–H groups in total. The molecule has 8 heteroatoms. The van der Waals surface area contributed by atoms with Crippen LogP contribution in [0, 0.1) is 5.41 Å². The Labute approximate surface area is 272 Å². The Bertz CT molecular complexity index is 1320. The average Bonchev–Trinajstić information content (AvgIpc) is 3.21. The molecule has 0 amide bonds. The zero-order chi connectivity index (χ0) is 29.6. The molecule has 0 saturated carbocycles. The van der Waals surface area contributed by atoms with E-state index in [-0.39, 0.29) is 32.6 Å². The smallest absolute Gasteiger partial charge is 0.208 e. The first-order valence-corrected chi connectivity index (χ1v) is 15.8. The molecule has 0 unspecified atom stereocenters. The maximum atomic E-state index is 13.5. The van der Waals surface area contributed by atoms with Crippen molar-refractivity contribution in [3.05, 3.63) is 76.9 Å². The van der Waals surface area contributed by atoms with Gasteiger partial charge < -0.3 is 22.3 Å². The molecule has 2 aliphatic rings. The Hall–Kier alpha value is -1.95. The van der Waals surface area contributed by atoms with E-state index in [4.69, 9.17) is 12.5 Å². The Morgan fingerprint density at radius 1 is 0.805 bits per heavy atom. The Morgan fingerprint density at radius 2 is 1.29 bits per heavy atom. The van der Waals surface area contributed by atoms with Crippen LogP contribution in [0.2, 0.25) is 0 Å². The van der Waals surface area contributed by atoms with Crippen molar-refractivity contribution >= 4 is 59.1 Å². The van der Waals surface area contributed by atoms with Crippen LogP contribution >= 0.6 is 11.8 Å². The molecule has 0 saturated heterocycles. The van der Waals surface area contributed by atoms with Gasteiger partial charge in [-0.3, -0.25) is 10.2 Å². The number of carbonyl (C=O) groups is 1. The largest absolute Gasteiger partial charge is 0.828 e. The van der Waals surface area contributed by atoms with Gasteiger partial charge in [0.15, 0.2) is 0 Å². The monoisotopic (exact) mass is 755 g/mol. The number of fused-ring (bicyclic) bond motifs is 6. The van der Waals surface area contributed by atoms with Crippen LogP contribution < -0.4 is 15.3 Å². The number of hydrogen-bond donors (Lipinski definition) is 1. The van der Waals surface area contributed by atoms with E-state index in [1.165, 1.54) is 0 Å². The fourth-order valence-electron chi connectivity index (χ4n) is 5.62. The van der Waals surface area contributed by atoms with E-state index in [0.717, 1.165) is 69.3 Å². The summed E-state index contributed by atoms with van der Waals surface area (Å²) in [6.07, 6.45) is 2.13. The maximum Gasteiger partial charge on any atom is 0.208 e. The van der Waals surface area contributed by atoms with Gasteiger partial charge in [0.25, 0.3) is 0 Å². The van der Waals surface area contributed by atoms with Crippen molar-refractivity contribution in [2.75, 3.05) is 37.0 Å². The minimum absolute atomic E-state index is 0. The molecule has 3 aromatic carbocycles. The molecule has 1 heterocycles. The summed E-state index contributed by atoms with van der Waals surface area (Å²) in [5.41, 5.74) is 5.81. The number of rotatable bonds is 7. The van der Waals surface area contributed by atoms with E-state index in [0.29, 0.717) is 5.56 Å². The normalized spacial score (nSPS) is 13.4. The summed E-state index contributed by atoms with van der Waals surface area (Å²) >= 11 is 7.00. The van der Waals surface area contributed by atoms with Crippen LogP contribution in [-0.2, 0) is 39.0 Å². The Balaban J connectivity index is 0.00000113. The van der Waals surface area contributed by atoms with Gasteiger partial charge in [0, 0.05) is 75.0 Å².